The summed E-state index contributed by atoms with van der Waals surface area (Å²) in [4.78, 5) is 27.8. The third kappa shape index (κ3) is 3.30. The van der Waals surface area contributed by atoms with Gasteiger partial charge in [-0.15, -0.1) is 0 Å². The fourth-order valence-corrected chi connectivity index (χ4v) is 2.85. The maximum Gasteiger partial charge on any atom is 0.260 e. The Kier molecular flexibility index (Phi) is 4.63. The van der Waals surface area contributed by atoms with E-state index in [4.69, 9.17) is 9.47 Å². The quantitative estimate of drug-likeness (QED) is 0.528. The first-order chi connectivity index (χ1) is 13.3. The number of aromatic amines is 1. The third-order valence-corrected chi connectivity index (χ3v) is 4.11. The molecule has 1 N–H and O–H groups in total. The van der Waals surface area contributed by atoms with E-state index in [0.29, 0.717) is 30.1 Å². The first-order valence-corrected chi connectivity index (χ1v) is 8.35. The Balaban J connectivity index is 1.79. The van der Waals surface area contributed by atoms with Crippen molar-refractivity contribution < 1.29 is 9.47 Å². The number of fused-ring (bicyclic) bond motifs is 1. The minimum atomic E-state index is -0.205. The topological polar surface area (TPSA) is 94.9 Å². The number of H-pyrrole nitrogens is 1. The van der Waals surface area contributed by atoms with Crippen LogP contribution in [0.1, 0.15) is 0 Å². The first-order valence-electron chi connectivity index (χ1n) is 8.35. The van der Waals surface area contributed by atoms with E-state index in [1.807, 2.05) is 29.0 Å². The van der Waals surface area contributed by atoms with Gasteiger partial charge in [-0.2, -0.15) is 0 Å². The van der Waals surface area contributed by atoms with E-state index in [9.17, 15) is 4.79 Å². The van der Waals surface area contributed by atoms with Gasteiger partial charge in [0, 0.05) is 49.1 Å². The van der Waals surface area contributed by atoms with Crippen molar-refractivity contribution in [2.24, 2.45) is 0 Å². The smallest absolute Gasteiger partial charge is 0.260 e. The maximum atomic E-state index is 12.5. The molecule has 4 aromatic rings. The minimum Gasteiger partial charge on any atom is -0.475 e. The summed E-state index contributed by atoms with van der Waals surface area (Å²) in [5.41, 5.74) is 2.77. The molecule has 0 fully saturated rings. The number of hydrogen-bond donors (Lipinski definition) is 1. The van der Waals surface area contributed by atoms with E-state index >= 15 is 0 Å². The fraction of sp³-hybridized carbons (Fsp3) is 0.158. The van der Waals surface area contributed by atoms with Crippen molar-refractivity contribution in [3.63, 3.8) is 0 Å². The lowest BCUT2D eigenvalue weighted by Crippen LogP contribution is -2.07. The monoisotopic (exact) mass is 363 g/mol. The van der Waals surface area contributed by atoms with Gasteiger partial charge in [0.1, 0.15) is 6.61 Å². The van der Waals surface area contributed by atoms with Crippen LogP contribution in [0.2, 0.25) is 0 Å². The lowest BCUT2D eigenvalue weighted by Gasteiger charge is -2.05. The van der Waals surface area contributed by atoms with Gasteiger partial charge in [0.2, 0.25) is 5.88 Å². The standard InChI is InChI=1S/C19H17N5O3/c1-26-8-9-27-16-3-2-13(10-21-16)15-11-24(14-4-6-20-7-5-14)18-17(15)19(25)23-12-22-18/h2-7,10-12H,8-9H2,1H3,(H,22,23,25). The molecular formula is C19H17N5O3. The van der Waals surface area contributed by atoms with Crippen molar-refractivity contribution in [3.8, 4) is 22.7 Å². The zero-order valence-corrected chi connectivity index (χ0v) is 14.6. The summed E-state index contributed by atoms with van der Waals surface area (Å²) in [7, 11) is 1.62. The molecule has 0 aromatic carbocycles. The molecule has 8 heteroatoms. The van der Waals surface area contributed by atoms with Crippen molar-refractivity contribution in [1.29, 1.82) is 0 Å². The largest absolute Gasteiger partial charge is 0.475 e. The van der Waals surface area contributed by atoms with E-state index in [2.05, 4.69) is 19.9 Å². The number of rotatable bonds is 6. The highest BCUT2D eigenvalue weighted by Crippen LogP contribution is 2.29. The average Bonchev–Trinajstić information content (AvgIpc) is 3.10. The molecule has 8 nitrogen and oxygen atoms in total. The number of nitrogens with one attached hydrogen (secondary N) is 1. The van der Waals surface area contributed by atoms with Gasteiger partial charge in [0.25, 0.3) is 5.56 Å². The Labute approximate surface area is 154 Å². The predicted octanol–water partition coefficient (Wildman–Crippen LogP) is 2.20. The summed E-state index contributed by atoms with van der Waals surface area (Å²) in [5, 5.41) is 0.504. The fourth-order valence-electron chi connectivity index (χ4n) is 2.85. The van der Waals surface area contributed by atoms with Gasteiger partial charge in [-0.05, 0) is 18.2 Å². The number of nitrogens with zero attached hydrogens (tertiary/aromatic N) is 4. The van der Waals surface area contributed by atoms with Crippen LogP contribution in [0.4, 0.5) is 0 Å². The first kappa shape index (κ1) is 16.9. The van der Waals surface area contributed by atoms with E-state index in [-0.39, 0.29) is 5.56 Å². The van der Waals surface area contributed by atoms with Crippen LogP contribution in [0.5, 0.6) is 5.88 Å². The van der Waals surface area contributed by atoms with Gasteiger partial charge in [0.15, 0.2) is 5.65 Å². The van der Waals surface area contributed by atoms with Crippen LogP contribution in [0.25, 0.3) is 27.8 Å². The van der Waals surface area contributed by atoms with Crippen LogP contribution < -0.4 is 10.3 Å². The Morgan fingerprint density at radius 2 is 1.96 bits per heavy atom. The van der Waals surface area contributed by atoms with Gasteiger partial charge >= 0.3 is 0 Å². The summed E-state index contributed by atoms with van der Waals surface area (Å²) in [6.45, 7) is 0.914. The molecule has 0 aliphatic rings. The van der Waals surface area contributed by atoms with E-state index in [0.717, 1.165) is 16.8 Å². The molecule has 4 rings (SSSR count). The SMILES string of the molecule is COCCOc1ccc(-c2cn(-c3ccncc3)c3nc[nH]c(=O)c23)cn1. The third-order valence-electron chi connectivity index (χ3n) is 4.11. The number of methoxy groups -OCH3 is 1. The normalized spacial score (nSPS) is 11.0. The van der Waals surface area contributed by atoms with Crippen molar-refractivity contribution >= 4 is 11.0 Å². The number of ether oxygens (including phenoxy) is 2. The zero-order chi connectivity index (χ0) is 18.6. The molecule has 0 saturated heterocycles. The van der Waals surface area contributed by atoms with Crippen LogP contribution in [0, 0.1) is 0 Å². The van der Waals surface area contributed by atoms with E-state index in [1.54, 1.807) is 31.8 Å². The Hall–Kier alpha value is -3.52. The highest BCUT2D eigenvalue weighted by atomic mass is 16.5. The summed E-state index contributed by atoms with van der Waals surface area (Å²) >= 11 is 0. The lowest BCUT2D eigenvalue weighted by molar-refractivity contribution is 0.144. The van der Waals surface area contributed by atoms with Gasteiger partial charge in [-0.1, -0.05) is 0 Å². The molecule has 4 aromatic heterocycles. The Morgan fingerprint density at radius 3 is 2.70 bits per heavy atom. The van der Waals surface area contributed by atoms with Crippen molar-refractivity contribution in [2.75, 3.05) is 20.3 Å². The Morgan fingerprint density at radius 1 is 1.11 bits per heavy atom. The lowest BCUT2D eigenvalue weighted by atomic mass is 10.1. The minimum absolute atomic E-state index is 0.205. The van der Waals surface area contributed by atoms with Crippen molar-refractivity contribution in [3.05, 3.63) is 65.7 Å². The summed E-state index contributed by atoms with van der Waals surface area (Å²) in [6, 6.07) is 7.35. The van der Waals surface area contributed by atoms with Crippen LogP contribution in [-0.4, -0.2) is 44.8 Å². The van der Waals surface area contributed by atoms with Crippen LogP contribution >= 0.6 is 0 Å². The van der Waals surface area contributed by atoms with Gasteiger partial charge in [-0.3, -0.25) is 9.78 Å². The second kappa shape index (κ2) is 7.38. The summed E-state index contributed by atoms with van der Waals surface area (Å²) in [6.07, 6.45) is 8.35. The highest BCUT2D eigenvalue weighted by Gasteiger charge is 2.16. The molecule has 27 heavy (non-hydrogen) atoms. The summed E-state index contributed by atoms with van der Waals surface area (Å²) < 4.78 is 12.3. The van der Waals surface area contributed by atoms with Gasteiger partial charge in [0.05, 0.1) is 24.0 Å². The molecule has 0 unspecified atom stereocenters. The van der Waals surface area contributed by atoms with Gasteiger partial charge < -0.3 is 19.0 Å². The molecular weight excluding hydrogens is 346 g/mol. The molecule has 0 aliphatic heterocycles. The van der Waals surface area contributed by atoms with Crippen molar-refractivity contribution in [2.45, 2.75) is 0 Å². The number of pyridine rings is 2. The average molecular weight is 363 g/mol. The zero-order valence-electron chi connectivity index (χ0n) is 14.6. The highest BCUT2D eigenvalue weighted by molar-refractivity contribution is 5.94. The molecule has 0 bridgehead atoms. The summed E-state index contributed by atoms with van der Waals surface area (Å²) in [5.74, 6) is 0.501. The predicted molar refractivity (Wildman–Crippen MR) is 100 cm³/mol. The second-order valence-electron chi connectivity index (χ2n) is 5.77. The molecule has 0 spiro atoms. The van der Waals surface area contributed by atoms with Gasteiger partial charge in [-0.25, -0.2) is 9.97 Å². The van der Waals surface area contributed by atoms with Crippen LogP contribution in [0.3, 0.4) is 0 Å². The van der Waals surface area contributed by atoms with Crippen molar-refractivity contribution in [1.82, 2.24) is 24.5 Å². The number of aromatic nitrogens is 5. The van der Waals surface area contributed by atoms with Crippen LogP contribution in [-0.2, 0) is 4.74 Å². The molecule has 0 amide bonds. The Bertz CT molecular complexity index is 1100. The molecule has 0 atom stereocenters. The molecule has 136 valence electrons. The molecule has 0 radical (unpaired) electrons. The molecule has 0 saturated carbocycles. The van der Waals surface area contributed by atoms with E-state index < -0.39 is 0 Å². The van der Waals surface area contributed by atoms with E-state index in [1.165, 1.54) is 6.33 Å². The number of hydrogen-bond acceptors (Lipinski definition) is 6. The second-order valence-corrected chi connectivity index (χ2v) is 5.77. The molecule has 4 heterocycles. The van der Waals surface area contributed by atoms with Crippen LogP contribution in [0.15, 0.2) is 60.2 Å². The molecule has 0 aliphatic carbocycles. The maximum absolute atomic E-state index is 12.5.